The molecule has 0 aliphatic heterocycles. The number of rotatable bonds is 2. The smallest absolute Gasteiger partial charge is 0.208 e. The third kappa shape index (κ3) is 4.96. The minimum absolute atomic E-state index is 0.0648. The molecule has 0 aromatic rings. The predicted molar refractivity (Wildman–Crippen MR) is 60.7 cm³/mol. The second kappa shape index (κ2) is 3.81. The molecule has 14 heavy (non-hydrogen) atoms. The van der Waals surface area contributed by atoms with Crippen molar-refractivity contribution < 1.29 is 8.42 Å². The highest BCUT2D eigenvalue weighted by atomic mass is 32.2. The highest BCUT2D eigenvalue weighted by Crippen LogP contribution is 2.33. The van der Waals surface area contributed by atoms with Crippen LogP contribution >= 0.6 is 0 Å². The zero-order valence-corrected chi connectivity index (χ0v) is 11.1. The Morgan fingerprint density at radius 3 is 1.29 bits per heavy atom. The first-order valence-electron chi connectivity index (χ1n) is 4.81. The van der Waals surface area contributed by atoms with Crippen molar-refractivity contribution in [2.75, 3.05) is 6.26 Å². The molecule has 0 amide bonds. The zero-order chi connectivity index (χ0) is 11.8. The third-order valence-electron chi connectivity index (χ3n) is 2.06. The number of sulfonamides is 1. The average Bonchev–Trinajstić information content (AvgIpc) is 1.75. The summed E-state index contributed by atoms with van der Waals surface area (Å²) >= 11 is 0. The molecule has 0 atom stereocenters. The van der Waals surface area contributed by atoms with Gasteiger partial charge < -0.3 is 0 Å². The van der Waals surface area contributed by atoms with Crippen LogP contribution in [0.1, 0.15) is 41.5 Å². The van der Waals surface area contributed by atoms with Crippen LogP contribution in [-0.2, 0) is 10.0 Å². The SMILES string of the molecule is CC(C)(C)C(NS(C)(=O)=O)C(C)(C)C. The third-order valence-corrected chi connectivity index (χ3v) is 2.73. The molecule has 4 heteroatoms. The fraction of sp³-hybridized carbons (Fsp3) is 1.00. The van der Waals surface area contributed by atoms with Crippen LogP contribution in [0.15, 0.2) is 0 Å². The molecule has 0 aromatic carbocycles. The maximum absolute atomic E-state index is 11.2. The molecule has 0 aliphatic rings. The van der Waals surface area contributed by atoms with E-state index in [1.807, 2.05) is 41.5 Å². The molecule has 0 aliphatic carbocycles. The van der Waals surface area contributed by atoms with Crippen molar-refractivity contribution in [3.05, 3.63) is 0 Å². The lowest BCUT2D eigenvalue weighted by atomic mass is 9.73. The van der Waals surface area contributed by atoms with Gasteiger partial charge in [-0.25, -0.2) is 13.1 Å². The maximum atomic E-state index is 11.2. The number of hydrogen-bond acceptors (Lipinski definition) is 2. The second-order valence-corrected chi connectivity index (χ2v) is 7.84. The Morgan fingerprint density at radius 2 is 1.21 bits per heavy atom. The molecule has 0 saturated heterocycles. The molecule has 0 bridgehead atoms. The van der Waals surface area contributed by atoms with Crippen molar-refractivity contribution in [1.82, 2.24) is 4.72 Å². The van der Waals surface area contributed by atoms with Gasteiger partial charge in [0, 0.05) is 6.04 Å². The van der Waals surface area contributed by atoms with E-state index in [2.05, 4.69) is 4.72 Å². The van der Waals surface area contributed by atoms with E-state index in [1.165, 1.54) is 6.26 Å². The lowest BCUT2D eigenvalue weighted by Gasteiger charge is -2.40. The van der Waals surface area contributed by atoms with Crippen LogP contribution in [0.4, 0.5) is 0 Å². The maximum Gasteiger partial charge on any atom is 0.208 e. The molecule has 0 saturated carbocycles. The topological polar surface area (TPSA) is 46.2 Å². The minimum Gasteiger partial charge on any atom is -0.213 e. The summed E-state index contributed by atoms with van der Waals surface area (Å²) in [5.74, 6) is 0. The Morgan fingerprint density at radius 1 is 0.929 bits per heavy atom. The van der Waals surface area contributed by atoms with Crippen molar-refractivity contribution >= 4 is 10.0 Å². The quantitative estimate of drug-likeness (QED) is 0.775. The van der Waals surface area contributed by atoms with Gasteiger partial charge in [-0.1, -0.05) is 41.5 Å². The Kier molecular flexibility index (Phi) is 3.79. The van der Waals surface area contributed by atoms with E-state index in [9.17, 15) is 8.42 Å². The van der Waals surface area contributed by atoms with Crippen molar-refractivity contribution in [2.45, 2.75) is 47.6 Å². The van der Waals surface area contributed by atoms with E-state index in [0.717, 1.165) is 0 Å². The molecule has 0 aromatic heterocycles. The van der Waals surface area contributed by atoms with E-state index in [0.29, 0.717) is 0 Å². The van der Waals surface area contributed by atoms with Gasteiger partial charge in [-0.3, -0.25) is 0 Å². The van der Waals surface area contributed by atoms with Crippen LogP contribution in [0.5, 0.6) is 0 Å². The molecule has 0 radical (unpaired) electrons. The Balaban J connectivity index is 4.97. The summed E-state index contributed by atoms with van der Waals surface area (Å²) in [5, 5.41) is 0. The Bertz CT molecular complexity index is 266. The molecule has 0 fully saturated rings. The first-order chi connectivity index (χ1) is 5.84. The summed E-state index contributed by atoms with van der Waals surface area (Å²) in [4.78, 5) is 0. The van der Waals surface area contributed by atoms with Crippen molar-refractivity contribution in [2.24, 2.45) is 10.8 Å². The van der Waals surface area contributed by atoms with Crippen molar-refractivity contribution in [3.8, 4) is 0 Å². The van der Waals surface area contributed by atoms with Crippen LogP contribution in [0.2, 0.25) is 0 Å². The lowest BCUT2D eigenvalue weighted by molar-refractivity contribution is 0.163. The van der Waals surface area contributed by atoms with Crippen LogP contribution in [-0.4, -0.2) is 20.7 Å². The van der Waals surface area contributed by atoms with Gasteiger partial charge in [0.25, 0.3) is 0 Å². The molecular formula is C10H23NO2S. The first kappa shape index (κ1) is 13.9. The fourth-order valence-electron chi connectivity index (χ4n) is 1.87. The normalized spacial score (nSPS) is 14.9. The summed E-state index contributed by atoms with van der Waals surface area (Å²) in [6.45, 7) is 12.3. The monoisotopic (exact) mass is 221 g/mol. The summed E-state index contributed by atoms with van der Waals surface area (Å²) in [6, 6.07) is -0.0648. The van der Waals surface area contributed by atoms with Crippen molar-refractivity contribution in [3.63, 3.8) is 0 Å². The van der Waals surface area contributed by atoms with E-state index in [-0.39, 0.29) is 16.9 Å². The van der Waals surface area contributed by atoms with E-state index in [4.69, 9.17) is 0 Å². The number of nitrogens with one attached hydrogen (secondary N) is 1. The lowest BCUT2D eigenvalue weighted by Crippen LogP contribution is -2.51. The predicted octanol–water partition coefficient (Wildman–Crippen LogP) is 2.00. The molecule has 0 rings (SSSR count). The van der Waals surface area contributed by atoms with Crippen LogP contribution in [0.25, 0.3) is 0 Å². The van der Waals surface area contributed by atoms with Gasteiger partial charge in [0.15, 0.2) is 0 Å². The van der Waals surface area contributed by atoms with E-state index in [1.54, 1.807) is 0 Å². The highest BCUT2D eigenvalue weighted by Gasteiger charge is 2.36. The van der Waals surface area contributed by atoms with E-state index < -0.39 is 10.0 Å². The molecule has 0 spiro atoms. The average molecular weight is 221 g/mol. The van der Waals surface area contributed by atoms with E-state index >= 15 is 0 Å². The van der Waals surface area contributed by atoms with Crippen molar-refractivity contribution in [1.29, 1.82) is 0 Å². The largest absolute Gasteiger partial charge is 0.213 e. The van der Waals surface area contributed by atoms with Gasteiger partial charge >= 0.3 is 0 Å². The van der Waals surface area contributed by atoms with Gasteiger partial charge in [0.1, 0.15) is 0 Å². The molecule has 0 heterocycles. The fourth-order valence-corrected chi connectivity index (χ4v) is 3.00. The molecule has 3 nitrogen and oxygen atoms in total. The van der Waals surface area contributed by atoms with Gasteiger partial charge in [-0.2, -0.15) is 0 Å². The zero-order valence-electron chi connectivity index (χ0n) is 10.3. The Labute approximate surface area is 88.3 Å². The standard InChI is InChI=1S/C10H23NO2S/c1-9(2,3)8(10(4,5)6)11-14(7,12)13/h8,11H,1-7H3. The van der Waals surface area contributed by atoms with Crippen LogP contribution in [0, 0.1) is 10.8 Å². The first-order valence-corrected chi connectivity index (χ1v) is 6.70. The molecule has 0 unspecified atom stereocenters. The van der Waals surface area contributed by atoms with Gasteiger partial charge in [-0.15, -0.1) is 0 Å². The van der Waals surface area contributed by atoms with Gasteiger partial charge in [0.05, 0.1) is 6.26 Å². The summed E-state index contributed by atoms with van der Waals surface area (Å²) < 4.78 is 25.2. The summed E-state index contributed by atoms with van der Waals surface area (Å²) in [7, 11) is -3.14. The van der Waals surface area contributed by atoms with Gasteiger partial charge in [-0.05, 0) is 10.8 Å². The molecular weight excluding hydrogens is 198 g/mol. The second-order valence-electron chi connectivity index (χ2n) is 6.06. The summed E-state index contributed by atoms with van der Waals surface area (Å²) in [5.41, 5.74) is -0.164. The number of hydrogen-bond donors (Lipinski definition) is 1. The van der Waals surface area contributed by atoms with Crippen LogP contribution < -0.4 is 4.72 Å². The minimum atomic E-state index is -3.14. The Hall–Kier alpha value is -0.0900. The highest BCUT2D eigenvalue weighted by molar-refractivity contribution is 7.88. The van der Waals surface area contributed by atoms with Crippen LogP contribution in [0.3, 0.4) is 0 Å². The summed E-state index contributed by atoms with van der Waals surface area (Å²) in [6.07, 6.45) is 1.21. The molecule has 1 N–H and O–H groups in total. The van der Waals surface area contributed by atoms with Gasteiger partial charge in [0.2, 0.25) is 10.0 Å². The molecule has 86 valence electrons.